The molecule has 0 aromatic carbocycles. The van der Waals surface area contributed by atoms with Gasteiger partial charge in [-0.05, 0) is 36.7 Å². The highest BCUT2D eigenvalue weighted by Gasteiger charge is 2.29. The lowest BCUT2D eigenvalue weighted by atomic mass is 9.83. The summed E-state index contributed by atoms with van der Waals surface area (Å²) in [5, 5.41) is 0.535. The van der Waals surface area contributed by atoms with Gasteiger partial charge in [-0.2, -0.15) is 4.37 Å². The van der Waals surface area contributed by atoms with Crippen LogP contribution in [-0.2, 0) is 6.42 Å². The molecule has 0 saturated heterocycles. The zero-order valence-electron chi connectivity index (χ0n) is 11.3. The van der Waals surface area contributed by atoms with Gasteiger partial charge in [-0.1, -0.05) is 38.5 Å². The number of rotatable bonds is 5. The Kier molecular flexibility index (Phi) is 5.45. The SMILES string of the molecule is CCCC1CCC(N)C(Sc2nc(CC)ns2)C1. The smallest absolute Gasteiger partial charge is 0.170 e. The van der Waals surface area contributed by atoms with E-state index in [4.69, 9.17) is 5.73 Å². The second-order valence-corrected chi connectivity index (χ2v) is 7.36. The molecule has 3 nitrogen and oxygen atoms in total. The molecule has 1 heterocycles. The van der Waals surface area contributed by atoms with E-state index in [1.165, 1.54) is 43.6 Å². The first-order chi connectivity index (χ1) is 8.72. The van der Waals surface area contributed by atoms with E-state index in [1.54, 1.807) is 0 Å². The average molecular weight is 285 g/mol. The third kappa shape index (κ3) is 3.68. The van der Waals surface area contributed by atoms with E-state index in [2.05, 4.69) is 23.2 Å². The number of aromatic nitrogens is 2. The minimum absolute atomic E-state index is 0.331. The Bertz CT molecular complexity index is 367. The fourth-order valence-electron chi connectivity index (χ4n) is 2.60. The molecular weight excluding hydrogens is 262 g/mol. The van der Waals surface area contributed by atoms with Crippen LogP contribution in [0.5, 0.6) is 0 Å². The number of hydrogen-bond donors (Lipinski definition) is 1. The van der Waals surface area contributed by atoms with Crippen LogP contribution in [-0.4, -0.2) is 20.6 Å². The van der Waals surface area contributed by atoms with Gasteiger partial charge in [0.05, 0.1) is 0 Å². The molecular formula is C13H23N3S2. The summed E-state index contributed by atoms with van der Waals surface area (Å²) in [6.07, 6.45) is 7.29. The first-order valence-corrected chi connectivity index (χ1v) is 8.63. The van der Waals surface area contributed by atoms with Gasteiger partial charge in [0.15, 0.2) is 4.34 Å². The van der Waals surface area contributed by atoms with E-state index >= 15 is 0 Å². The maximum absolute atomic E-state index is 6.26. The summed E-state index contributed by atoms with van der Waals surface area (Å²) in [6, 6.07) is 0.331. The Balaban J connectivity index is 1.93. The molecule has 18 heavy (non-hydrogen) atoms. The maximum atomic E-state index is 6.26. The molecule has 2 rings (SSSR count). The maximum Gasteiger partial charge on any atom is 0.170 e. The van der Waals surface area contributed by atoms with Crippen molar-refractivity contribution in [3.05, 3.63) is 5.82 Å². The van der Waals surface area contributed by atoms with Crippen molar-refractivity contribution in [1.29, 1.82) is 0 Å². The Morgan fingerprint density at radius 1 is 1.39 bits per heavy atom. The summed E-state index contributed by atoms with van der Waals surface area (Å²) >= 11 is 3.39. The van der Waals surface area contributed by atoms with Crippen LogP contribution in [0.1, 0.15) is 51.8 Å². The molecule has 1 fully saturated rings. The Hall–Kier alpha value is -0.130. The monoisotopic (exact) mass is 285 g/mol. The number of hydrogen-bond acceptors (Lipinski definition) is 5. The average Bonchev–Trinajstić information content (AvgIpc) is 2.81. The topological polar surface area (TPSA) is 51.8 Å². The van der Waals surface area contributed by atoms with Crippen molar-refractivity contribution < 1.29 is 0 Å². The lowest BCUT2D eigenvalue weighted by Crippen LogP contribution is -2.38. The Morgan fingerprint density at radius 2 is 2.22 bits per heavy atom. The molecule has 1 aliphatic carbocycles. The molecule has 3 atom stereocenters. The molecule has 0 amide bonds. The van der Waals surface area contributed by atoms with Gasteiger partial charge in [-0.15, -0.1) is 0 Å². The summed E-state index contributed by atoms with van der Waals surface area (Å²) in [5.41, 5.74) is 6.26. The van der Waals surface area contributed by atoms with Crippen molar-refractivity contribution in [1.82, 2.24) is 9.36 Å². The van der Waals surface area contributed by atoms with Crippen molar-refractivity contribution in [3.63, 3.8) is 0 Å². The van der Waals surface area contributed by atoms with Gasteiger partial charge in [-0.25, -0.2) is 4.98 Å². The minimum atomic E-state index is 0.331. The van der Waals surface area contributed by atoms with Gasteiger partial charge in [0.25, 0.3) is 0 Å². The standard InChI is InChI=1S/C13H23N3S2/c1-3-5-9-6-7-10(14)11(8-9)17-13-15-12(4-2)16-18-13/h9-11H,3-8,14H2,1-2H3. The predicted octanol–water partition coefficient (Wildman–Crippen LogP) is 3.49. The fraction of sp³-hybridized carbons (Fsp3) is 0.846. The van der Waals surface area contributed by atoms with Crippen molar-refractivity contribution in [2.45, 2.75) is 68.0 Å². The van der Waals surface area contributed by atoms with E-state index in [0.717, 1.165) is 22.5 Å². The van der Waals surface area contributed by atoms with Crippen LogP contribution >= 0.6 is 23.3 Å². The summed E-state index contributed by atoms with van der Waals surface area (Å²) in [4.78, 5) is 4.54. The molecule has 1 aromatic rings. The highest BCUT2D eigenvalue weighted by atomic mass is 32.2. The highest BCUT2D eigenvalue weighted by molar-refractivity contribution is 8.01. The van der Waals surface area contributed by atoms with E-state index in [0.29, 0.717) is 11.3 Å². The number of thioether (sulfide) groups is 1. The predicted molar refractivity (Wildman–Crippen MR) is 79.2 cm³/mol. The summed E-state index contributed by atoms with van der Waals surface area (Å²) in [7, 11) is 0. The van der Waals surface area contributed by atoms with Crippen LogP contribution in [0.4, 0.5) is 0 Å². The second-order valence-electron chi connectivity index (χ2n) is 5.12. The zero-order chi connectivity index (χ0) is 13.0. The van der Waals surface area contributed by atoms with Crippen LogP contribution < -0.4 is 5.73 Å². The first-order valence-electron chi connectivity index (χ1n) is 6.97. The van der Waals surface area contributed by atoms with Gasteiger partial charge in [0.2, 0.25) is 0 Å². The first kappa shape index (κ1) is 14.3. The van der Waals surface area contributed by atoms with Gasteiger partial charge in [0.1, 0.15) is 5.82 Å². The molecule has 1 aliphatic rings. The normalized spacial score (nSPS) is 28.5. The largest absolute Gasteiger partial charge is 0.327 e. The summed E-state index contributed by atoms with van der Waals surface area (Å²) in [5.74, 6) is 1.84. The molecule has 0 spiro atoms. The van der Waals surface area contributed by atoms with E-state index < -0.39 is 0 Å². The van der Waals surface area contributed by atoms with Crippen LogP contribution in [0.2, 0.25) is 0 Å². The number of aryl methyl sites for hydroxylation is 1. The quantitative estimate of drug-likeness (QED) is 0.899. The van der Waals surface area contributed by atoms with Crippen LogP contribution in [0, 0.1) is 5.92 Å². The molecule has 0 radical (unpaired) electrons. The highest BCUT2D eigenvalue weighted by Crippen LogP contribution is 2.37. The van der Waals surface area contributed by atoms with E-state index in [1.807, 2.05) is 11.8 Å². The van der Waals surface area contributed by atoms with E-state index in [9.17, 15) is 0 Å². The van der Waals surface area contributed by atoms with Crippen molar-refractivity contribution >= 4 is 23.3 Å². The fourth-order valence-corrected chi connectivity index (χ4v) is 4.85. The Labute approximate surface area is 118 Å². The zero-order valence-corrected chi connectivity index (χ0v) is 12.9. The number of nitrogens with zero attached hydrogens (tertiary/aromatic N) is 2. The summed E-state index contributed by atoms with van der Waals surface area (Å²) < 4.78 is 5.45. The van der Waals surface area contributed by atoms with Crippen molar-refractivity contribution in [2.24, 2.45) is 11.7 Å². The number of nitrogens with two attached hydrogens (primary N) is 1. The van der Waals surface area contributed by atoms with Crippen LogP contribution in [0.15, 0.2) is 4.34 Å². The van der Waals surface area contributed by atoms with Gasteiger partial charge in [0, 0.05) is 17.7 Å². The molecule has 3 unspecified atom stereocenters. The third-order valence-corrected chi connectivity index (χ3v) is 5.87. The lowest BCUT2D eigenvalue weighted by Gasteiger charge is -2.33. The molecule has 1 saturated carbocycles. The third-order valence-electron chi connectivity index (χ3n) is 3.67. The molecule has 2 N–H and O–H groups in total. The van der Waals surface area contributed by atoms with Gasteiger partial charge in [-0.3, -0.25) is 0 Å². The van der Waals surface area contributed by atoms with E-state index in [-0.39, 0.29) is 0 Å². The van der Waals surface area contributed by atoms with Crippen LogP contribution in [0.3, 0.4) is 0 Å². The van der Waals surface area contributed by atoms with Crippen molar-refractivity contribution in [3.8, 4) is 0 Å². The van der Waals surface area contributed by atoms with Crippen molar-refractivity contribution in [2.75, 3.05) is 0 Å². The minimum Gasteiger partial charge on any atom is -0.327 e. The molecule has 5 heteroatoms. The summed E-state index contributed by atoms with van der Waals surface area (Å²) in [6.45, 7) is 4.37. The van der Waals surface area contributed by atoms with Gasteiger partial charge >= 0.3 is 0 Å². The van der Waals surface area contributed by atoms with Gasteiger partial charge < -0.3 is 5.73 Å². The molecule has 102 valence electrons. The second kappa shape index (κ2) is 6.87. The lowest BCUT2D eigenvalue weighted by molar-refractivity contribution is 0.317. The molecule has 0 aliphatic heterocycles. The van der Waals surface area contributed by atoms with Crippen LogP contribution in [0.25, 0.3) is 0 Å². The molecule has 0 bridgehead atoms. The Morgan fingerprint density at radius 3 is 2.89 bits per heavy atom. The molecule has 1 aromatic heterocycles.